The number of carbonyl (C=O) groups is 1. The number of halogens is 1. The maximum atomic E-state index is 12.3. The van der Waals surface area contributed by atoms with Gasteiger partial charge in [-0.3, -0.25) is 0 Å². The molecule has 2 atom stereocenters. The van der Waals surface area contributed by atoms with Crippen LogP contribution in [0.4, 0.5) is 4.79 Å². The lowest BCUT2D eigenvalue weighted by Crippen LogP contribution is -2.50. The highest BCUT2D eigenvalue weighted by molar-refractivity contribution is 6.31. The van der Waals surface area contributed by atoms with E-state index in [1.54, 1.807) is 11.0 Å². The number of carbonyl (C=O) groups excluding carboxylic acids is 1. The maximum absolute atomic E-state index is 12.3. The molecule has 23 heavy (non-hydrogen) atoms. The van der Waals surface area contributed by atoms with E-state index in [0.29, 0.717) is 30.5 Å². The maximum Gasteiger partial charge on any atom is 0.318 e. The number of aliphatic hydroxyl groups is 1. The van der Waals surface area contributed by atoms with Crippen LogP contribution in [0.1, 0.15) is 18.7 Å². The van der Waals surface area contributed by atoms with Gasteiger partial charge in [0.25, 0.3) is 0 Å². The quantitative estimate of drug-likeness (QED) is 0.902. The normalized spacial score (nSPS) is 19.8. The van der Waals surface area contributed by atoms with Crippen molar-refractivity contribution in [2.45, 2.75) is 19.1 Å². The van der Waals surface area contributed by atoms with Gasteiger partial charge in [-0.1, -0.05) is 11.6 Å². The minimum atomic E-state index is -0.321. The molecule has 1 aromatic heterocycles. The number of ether oxygens (including phenoxy) is 1. The van der Waals surface area contributed by atoms with Crippen LogP contribution in [0.5, 0.6) is 0 Å². The number of amides is 2. The van der Waals surface area contributed by atoms with E-state index in [2.05, 4.69) is 5.32 Å². The van der Waals surface area contributed by atoms with Gasteiger partial charge < -0.3 is 24.5 Å². The number of furan rings is 1. The van der Waals surface area contributed by atoms with Gasteiger partial charge in [0, 0.05) is 17.0 Å². The van der Waals surface area contributed by atoms with Crippen LogP contribution < -0.4 is 5.32 Å². The van der Waals surface area contributed by atoms with Crippen LogP contribution in [0.3, 0.4) is 0 Å². The molecule has 0 saturated carbocycles. The van der Waals surface area contributed by atoms with Crippen molar-refractivity contribution in [3.8, 4) is 0 Å². The Balaban J connectivity index is 1.67. The number of nitrogens with one attached hydrogen (secondary N) is 1. The zero-order chi connectivity index (χ0) is 16.4. The topological polar surface area (TPSA) is 74.9 Å². The van der Waals surface area contributed by atoms with Gasteiger partial charge in [-0.2, -0.15) is 0 Å². The van der Waals surface area contributed by atoms with Crippen LogP contribution in [-0.2, 0) is 4.74 Å². The fourth-order valence-electron chi connectivity index (χ4n) is 2.61. The fraction of sp³-hybridized carbons (Fsp3) is 0.438. The highest BCUT2D eigenvalue weighted by atomic mass is 35.5. The summed E-state index contributed by atoms with van der Waals surface area (Å²) < 4.78 is 11.1. The summed E-state index contributed by atoms with van der Waals surface area (Å²) in [7, 11) is 0. The Labute approximate surface area is 139 Å². The summed E-state index contributed by atoms with van der Waals surface area (Å²) in [4.78, 5) is 14.0. The van der Waals surface area contributed by atoms with E-state index in [1.165, 1.54) is 0 Å². The number of rotatable bonds is 3. The van der Waals surface area contributed by atoms with Gasteiger partial charge >= 0.3 is 6.03 Å². The van der Waals surface area contributed by atoms with Crippen molar-refractivity contribution in [3.05, 3.63) is 35.0 Å². The fourth-order valence-corrected chi connectivity index (χ4v) is 2.79. The molecule has 0 spiro atoms. The molecule has 1 aromatic carbocycles. The lowest BCUT2D eigenvalue weighted by atomic mass is 10.2. The van der Waals surface area contributed by atoms with Crippen molar-refractivity contribution in [2.75, 3.05) is 26.3 Å². The molecule has 2 aromatic rings. The van der Waals surface area contributed by atoms with Crippen molar-refractivity contribution in [2.24, 2.45) is 0 Å². The average Bonchev–Trinajstić information content (AvgIpc) is 2.98. The molecule has 1 aliphatic rings. The lowest BCUT2D eigenvalue weighted by molar-refractivity contribution is -0.0405. The molecule has 1 saturated heterocycles. The number of nitrogens with zero attached hydrogens (tertiary/aromatic N) is 1. The number of morpholine rings is 1. The van der Waals surface area contributed by atoms with Crippen molar-refractivity contribution in [1.82, 2.24) is 10.2 Å². The van der Waals surface area contributed by atoms with Crippen molar-refractivity contribution >= 4 is 28.6 Å². The summed E-state index contributed by atoms with van der Waals surface area (Å²) in [5.74, 6) is 0.669. The standard InChI is InChI=1S/C16H19ClN2O4/c1-10(15-7-11-6-12(17)2-3-14(11)23-15)18-16(21)19-4-5-22-13(8-19)9-20/h2-3,6-7,10,13,20H,4-5,8-9H2,1H3,(H,18,21)/t10-,13-/m1/s1. The van der Waals surface area contributed by atoms with Gasteiger partial charge in [-0.05, 0) is 31.2 Å². The van der Waals surface area contributed by atoms with E-state index >= 15 is 0 Å². The van der Waals surface area contributed by atoms with Gasteiger partial charge in [-0.15, -0.1) is 0 Å². The Bertz CT molecular complexity index is 702. The first-order chi connectivity index (χ1) is 11.1. The van der Waals surface area contributed by atoms with Crippen LogP contribution in [0.2, 0.25) is 5.02 Å². The Kier molecular flexibility index (Phi) is 4.75. The molecule has 0 radical (unpaired) electrons. The Hall–Kier alpha value is -1.76. The number of benzene rings is 1. The molecular formula is C16H19ClN2O4. The molecular weight excluding hydrogens is 320 g/mol. The largest absolute Gasteiger partial charge is 0.459 e. The van der Waals surface area contributed by atoms with Crippen LogP contribution in [-0.4, -0.2) is 48.4 Å². The second kappa shape index (κ2) is 6.78. The molecule has 2 amide bonds. The number of fused-ring (bicyclic) bond motifs is 1. The number of aliphatic hydroxyl groups excluding tert-OH is 1. The van der Waals surface area contributed by atoms with Gasteiger partial charge in [0.05, 0.1) is 31.9 Å². The predicted octanol–water partition coefficient (Wildman–Crippen LogP) is 2.55. The van der Waals surface area contributed by atoms with Gasteiger partial charge in [0.15, 0.2) is 0 Å². The third kappa shape index (κ3) is 3.60. The molecule has 0 aliphatic carbocycles. The van der Waals surface area contributed by atoms with Gasteiger partial charge in [-0.25, -0.2) is 4.79 Å². The van der Waals surface area contributed by atoms with Crippen molar-refractivity contribution < 1.29 is 19.1 Å². The zero-order valence-electron chi connectivity index (χ0n) is 12.8. The Morgan fingerprint density at radius 1 is 1.52 bits per heavy atom. The predicted molar refractivity (Wildman–Crippen MR) is 86.6 cm³/mol. The van der Waals surface area contributed by atoms with E-state index in [0.717, 1.165) is 11.0 Å². The smallest absolute Gasteiger partial charge is 0.318 e. The summed E-state index contributed by atoms with van der Waals surface area (Å²) in [6.45, 7) is 3.08. The van der Waals surface area contributed by atoms with Crippen LogP contribution >= 0.6 is 11.6 Å². The van der Waals surface area contributed by atoms with E-state index in [1.807, 2.05) is 25.1 Å². The van der Waals surface area contributed by atoms with E-state index in [4.69, 9.17) is 25.9 Å². The van der Waals surface area contributed by atoms with Crippen molar-refractivity contribution in [1.29, 1.82) is 0 Å². The number of urea groups is 1. The molecule has 0 bridgehead atoms. The number of hydrogen-bond donors (Lipinski definition) is 2. The van der Waals surface area contributed by atoms with E-state index in [-0.39, 0.29) is 24.8 Å². The lowest BCUT2D eigenvalue weighted by Gasteiger charge is -2.32. The minimum absolute atomic E-state index is 0.0936. The summed E-state index contributed by atoms with van der Waals surface area (Å²) in [6.07, 6.45) is -0.321. The summed E-state index contributed by atoms with van der Waals surface area (Å²) in [5.41, 5.74) is 0.734. The molecule has 1 aliphatic heterocycles. The van der Waals surface area contributed by atoms with Crippen molar-refractivity contribution in [3.63, 3.8) is 0 Å². The van der Waals surface area contributed by atoms with E-state index < -0.39 is 0 Å². The average molecular weight is 339 g/mol. The molecule has 7 heteroatoms. The number of hydrogen-bond acceptors (Lipinski definition) is 4. The third-order valence-corrected chi connectivity index (χ3v) is 4.13. The summed E-state index contributed by atoms with van der Waals surface area (Å²) in [5, 5.41) is 13.6. The van der Waals surface area contributed by atoms with Crippen LogP contribution in [0.15, 0.2) is 28.7 Å². The molecule has 1 fully saturated rings. The van der Waals surface area contributed by atoms with Crippen LogP contribution in [0, 0.1) is 0 Å². The molecule has 3 rings (SSSR count). The SMILES string of the molecule is C[C@@H](NC(=O)N1CCO[C@@H](CO)C1)c1cc2cc(Cl)ccc2o1. The Morgan fingerprint density at radius 3 is 3.13 bits per heavy atom. The molecule has 2 heterocycles. The van der Waals surface area contributed by atoms with Gasteiger partial charge in [0.2, 0.25) is 0 Å². The van der Waals surface area contributed by atoms with Gasteiger partial charge in [0.1, 0.15) is 11.3 Å². The molecule has 124 valence electrons. The second-order valence-corrected chi connectivity index (χ2v) is 6.06. The third-order valence-electron chi connectivity index (χ3n) is 3.89. The zero-order valence-corrected chi connectivity index (χ0v) is 13.5. The molecule has 2 N–H and O–H groups in total. The molecule has 0 unspecified atom stereocenters. The Morgan fingerprint density at radius 2 is 2.35 bits per heavy atom. The first-order valence-corrected chi connectivity index (χ1v) is 7.91. The summed E-state index contributed by atoms with van der Waals surface area (Å²) in [6, 6.07) is 6.81. The molecule has 6 nitrogen and oxygen atoms in total. The first-order valence-electron chi connectivity index (χ1n) is 7.53. The first kappa shape index (κ1) is 16.1. The minimum Gasteiger partial charge on any atom is -0.459 e. The van der Waals surface area contributed by atoms with Crippen LogP contribution in [0.25, 0.3) is 11.0 Å². The highest BCUT2D eigenvalue weighted by Gasteiger charge is 2.25. The highest BCUT2D eigenvalue weighted by Crippen LogP contribution is 2.26. The second-order valence-electron chi connectivity index (χ2n) is 5.62. The van der Waals surface area contributed by atoms with E-state index in [9.17, 15) is 4.79 Å². The monoisotopic (exact) mass is 338 g/mol. The summed E-state index contributed by atoms with van der Waals surface area (Å²) >= 11 is 5.97.